The van der Waals surface area contributed by atoms with Crippen LogP contribution in [0.2, 0.25) is 0 Å². The van der Waals surface area contributed by atoms with Gasteiger partial charge in [0.15, 0.2) is 35.7 Å². The van der Waals surface area contributed by atoms with Gasteiger partial charge in [0.05, 0.1) is 18.8 Å². The van der Waals surface area contributed by atoms with Gasteiger partial charge in [-0.1, -0.05) is 0 Å². The summed E-state index contributed by atoms with van der Waals surface area (Å²) >= 11 is 0. The maximum atomic E-state index is 12.0. The van der Waals surface area contributed by atoms with Gasteiger partial charge < -0.3 is 23.9 Å². The highest BCUT2D eigenvalue weighted by Gasteiger charge is 2.51. The fourth-order valence-corrected chi connectivity index (χ4v) is 3.26. The van der Waals surface area contributed by atoms with Crippen LogP contribution in [0.3, 0.4) is 0 Å². The van der Waals surface area contributed by atoms with Crippen molar-refractivity contribution in [3.05, 3.63) is 23.0 Å². The minimum absolute atomic E-state index is 0.0523. The van der Waals surface area contributed by atoms with E-state index in [0.29, 0.717) is 0 Å². The number of carbonyl (C=O) groups is 3. The number of esters is 3. The van der Waals surface area contributed by atoms with Crippen LogP contribution in [0.1, 0.15) is 33.9 Å². The molecule has 0 bridgehead atoms. The lowest BCUT2D eigenvalue weighted by molar-refractivity contribution is -0.259. The summed E-state index contributed by atoms with van der Waals surface area (Å²) in [5.74, 6) is -1.96. The molecule has 12 heteroatoms. The smallest absolute Gasteiger partial charge is 0.303 e. The van der Waals surface area contributed by atoms with E-state index in [2.05, 4.69) is 15.0 Å². The molecule has 1 saturated heterocycles. The van der Waals surface area contributed by atoms with Crippen LogP contribution < -0.4 is 5.56 Å². The summed E-state index contributed by atoms with van der Waals surface area (Å²) < 4.78 is 23.4. The maximum Gasteiger partial charge on any atom is 0.303 e. The second-order valence-corrected chi connectivity index (χ2v) is 6.51. The normalized spacial score (nSPS) is 26.7. The number of aromatic nitrogens is 4. The average Bonchev–Trinajstić information content (AvgIpc) is 3.04. The van der Waals surface area contributed by atoms with Gasteiger partial charge in [-0.3, -0.25) is 23.7 Å². The minimum atomic E-state index is -1.20. The first kappa shape index (κ1) is 20.5. The fourth-order valence-electron chi connectivity index (χ4n) is 3.26. The highest BCUT2D eigenvalue weighted by molar-refractivity contribution is 5.70. The van der Waals surface area contributed by atoms with Crippen LogP contribution >= 0.6 is 0 Å². The van der Waals surface area contributed by atoms with Crippen LogP contribution in [-0.4, -0.2) is 61.8 Å². The number of carbonyl (C=O) groups excluding carboxylic acids is 3. The topological polar surface area (TPSA) is 152 Å². The summed E-state index contributed by atoms with van der Waals surface area (Å²) in [5.41, 5.74) is -0.233. The molecule has 29 heavy (non-hydrogen) atoms. The first-order valence-corrected chi connectivity index (χ1v) is 8.76. The summed E-state index contributed by atoms with van der Waals surface area (Å²) in [5, 5.41) is 0. The molecule has 0 amide bonds. The van der Waals surface area contributed by atoms with Gasteiger partial charge in [0.1, 0.15) is 0 Å². The quantitative estimate of drug-likeness (QED) is 0.533. The summed E-state index contributed by atoms with van der Waals surface area (Å²) in [4.78, 5) is 57.5. The van der Waals surface area contributed by atoms with Gasteiger partial charge in [-0.25, -0.2) is 9.97 Å². The molecule has 0 aromatic carbocycles. The monoisotopic (exact) mass is 408 g/mol. The Morgan fingerprint density at radius 1 is 1.00 bits per heavy atom. The first-order chi connectivity index (χ1) is 13.7. The molecule has 1 fully saturated rings. The zero-order chi connectivity index (χ0) is 21.3. The number of hydrogen-bond donors (Lipinski definition) is 1. The predicted molar refractivity (Wildman–Crippen MR) is 94.4 cm³/mol. The van der Waals surface area contributed by atoms with Crippen LogP contribution in [-0.2, 0) is 33.3 Å². The molecule has 5 atom stereocenters. The minimum Gasteiger partial charge on any atom is -0.456 e. The largest absolute Gasteiger partial charge is 0.456 e. The van der Waals surface area contributed by atoms with Gasteiger partial charge in [0, 0.05) is 20.8 Å². The SMILES string of the molecule is CC(=O)OC1C(C)OC(n2cnc3c(=O)[nH]cnc32)C(OC(C)=O)C1OC(C)=O. The van der Waals surface area contributed by atoms with E-state index in [1.807, 2.05) is 0 Å². The van der Waals surface area contributed by atoms with Crippen LogP contribution in [0, 0.1) is 0 Å². The van der Waals surface area contributed by atoms with Gasteiger partial charge in [-0.2, -0.15) is 0 Å². The van der Waals surface area contributed by atoms with E-state index in [9.17, 15) is 19.2 Å². The van der Waals surface area contributed by atoms with Crippen LogP contribution in [0.25, 0.3) is 11.2 Å². The Morgan fingerprint density at radius 3 is 2.21 bits per heavy atom. The van der Waals surface area contributed by atoms with E-state index in [4.69, 9.17) is 18.9 Å². The highest BCUT2D eigenvalue weighted by Crippen LogP contribution is 2.35. The third-order valence-electron chi connectivity index (χ3n) is 4.29. The number of H-pyrrole nitrogens is 1. The lowest BCUT2D eigenvalue weighted by atomic mass is 9.97. The van der Waals surface area contributed by atoms with Crippen molar-refractivity contribution in [1.29, 1.82) is 0 Å². The number of hydrogen-bond acceptors (Lipinski definition) is 10. The Balaban J connectivity index is 2.10. The third-order valence-corrected chi connectivity index (χ3v) is 4.29. The number of aromatic amines is 1. The second-order valence-electron chi connectivity index (χ2n) is 6.51. The molecule has 1 aliphatic heterocycles. The van der Waals surface area contributed by atoms with Crippen molar-refractivity contribution in [2.75, 3.05) is 0 Å². The van der Waals surface area contributed by atoms with Gasteiger partial charge in [-0.15, -0.1) is 0 Å². The molecule has 3 heterocycles. The maximum absolute atomic E-state index is 12.0. The predicted octanol–water partition coefficient (Wildman–Crippen LogP) is -0.168. The Kier molecular flexibility index (Phi) is 5.64. The molecule has 2 aromatic heterocycles. The second kappa shape index (κ2) is 7.99. The highest BCUT2D eigenvalue weighted by atomic mass is 16.7. The summed E-state index contributed by atoms with van der Waals surface area (Å²) in [6, 6.07) is 0. The van der Waals surface area contributed by atoms with E-state index >= 15 is 0 Å². The zero-order valence-electron chi connectivity index (χ0n) is 16.1. The van der Waals surface area contributed by atoms with Crippen LogP contribution in [0.15, 0.2) is 17.4 Å². The van der Waals surface area contributed by atoms with Crippen LogP contribution in [0.5, 0.6) is 0 Å². The molecule has 1 N–H and O–H groups in total. The van der Waals surface area contributed by atoms with E-state index in [1.54, 1.807) is 6.92 Å². The molecule has 1 aliphatic rings. The molecule has 0 spiro atoms. The first-order valence-electron chi connectivity index (χ1n) is 8.76. The third kappa shape index (κ3) is 4.11. The van der Waals surface area contributed by atoms with E-state index in [0.717, 1.165) is 0 Å². The fraction of sp³-hybridized carbons (Fsp3) is 0.529. The average molecular weight is 408 g/mol. The number of nitrogens with one attached hydrogen (secondary N) is 1. The van der Waals surface area contributed by atoms with Crippen molar-refractivity contribution >= 4 is 29.1 Å². The number of ether oxygens (including phenoxy) is 4. The van der Waals surface area contributed by atoms with Crippen molar-refractivity contribution in [1.82, 2.24) is 19.5 Å². The Morgan fingerprint density at radius 2 is 1.59 bits per heavy atom. The van der Waals surface area contributed by atoms with Gasteiger partial charge in [0.2, 0.25) is 0 Å². The molecule has 0 aliphatic carbocycles. The lowest BCUT2D eigenvalue weighted by Crippen LogP contribution is -2.58. The summed E-state index contributed by atoms with van der Waals surface area (Å²) in [6.45, 7) is 5.17. The van der Waals surface area contributed by atoms with Gasteiger partial charge in [-0.05, 0) is 6.92 Å². The molecule has 0 saturated carbocycles. The van der Waals surface area contributed by atoms with Gasteiger partial charge in [0.25, 0.3) is 5.56 Å². The van der Waals surface area contributed by atoms with E-state index in [1.165, 1.54) is 38.0 Å². The Labute approximate surface area is 164 Å². The molecular weight excluding hydrogens is 388 g/mol. The van der Waals surface area contributed by atoms with E-state index in [-0.39, 0.29) is 11.2 Å². The van der Waals surface area contributed by atoms with Crippen LogP contribution in [0.4, 0.5) is 0 Å². The van der Waals surface area contributed by atoms with E-state index < -0.39 is 54.1 Å². The number of fused-ring (bicyclic) bond motifs is 1. The molecule has 0 radical (unpaired) electrons. The molecule has 5 unspecified atom stereocenters. The van der Waals surface area contributed by atoms with Crippen molar-refractivity contribution in [2.45, 2.75) is 58.3 Å². The number of nitrogens with zero attached hydrogens (tertiary/aromatic N) is 3. The van der Waals surface area contributed by atoms with Crippen molar-refractivity contribution in [3.63, 3.8) is 0 Å². The zero-order valence-corrected chi connectivity index (χ0v) is 16.1. The number of rotatable bonds is 4. The van der Waals surface area contributed by atoms with Crippen molar-refractivity contribution < 1.29 is 33.3 Å². The molecular formula is C17H20N4O8. The summed E-state index contributed by atoms with van der Waals surface area (Å²) in [7, 11) is 0. The molecule has 156 valence electrons. The van der Waals surface area contributed by atoms with Crippen molar-refractivity contribution in [3.8, 4) is 0 Å². The van der Waals surface area contributed by atoms with Gasteiger partial charge >= 0.3 is 17.9 Å². The molecule has 3 rings (SSSR count). The standard InChI is InChI=1S/C17H20N4O8/c1-7-12(27-8(2)22)13(28-9(3)23)14(29-10(4)24)17(26-7)21-6-20-11-15(21)18-5-19-16(11)25/h5-7,12-14,17H,1-4H3,(H,18,19,25). The lowest BCUT2D eigenvalue weighted by Gasteiger charge is -2.43. The molecule has 2 aromatic rings. The Bertz CT molecular complexity index is 999. The Hall–Kier alpha value is -3.28. The van der Waals surface area contributed by atoms with Crippen molar-refractivity contribution in [2.24, 2.45) is 0 Å². The summed E-state index contributed by atoms with van der Waals surface area (Å²) in [6.07, 6.45) is -2.69. The molecule has 12 nitrogen and oxygen atoms in total. The number of imidazole rings is 1.